The Labute approximate surface area is 143 Å². The van der Waals surface area contributed by atoms with Gasteiger partial charge in [-0.25, -0.2) is 22.8 Å². The molecule has 2 heterocycles. The number of benzene rings is 1. The predicted octanol–water partition coefficient (Wildman–Crippen LogP) is 1.49. The van der Waals surface area contributed by atoms with Crippen LogP contribution in [0.3, 0.4) is 0 Å². The highest BCUT2D eigenvalue weighted by Gasteiger charge is 2.22. The fourth-order valence-corrected chi connectivity index (χ4v) is 3.23. The Hall–Kier alpha value is -2.46. The summed E-state index contributed by atoms with van der Waals surface area (Å²) in [4.78, 5) is 20.1. The fraction of sp³-hybridized carbons (Fsp3) is 0.333. The fourth-order valence-electron chi connectivity index (χ4n) is 2.71. The summed E-state index contributed by atoms with van der Waals surface area (Å²) in [6.45, 7) is 1.16. The summed E-state index contributed by atoms with van der Waals surface area (Å²) < 4.78 is 37.0. The van der Waals surface area contributed by atoms with Gasteiger partial charge in [-0.2, -0.15) is 0 Å². The lowest BCUT2D eigenvalue weighted by atomic mass is 10.1. The van der Waals surface area contributed by atoms with Gasteiger partial charge in [-0.3, -0.25) is 15.0 Å². The Morgan fingerprint density at radius 1 is 1.40 bits per heavy atom. The van der Waals surface area contributed by atoms with Crippen molar-refractivity contribution in [1.82, 2.24) is 14.9 Å². The zero-order valence-electron chi connectivity index (χ0n) is 13.3. The van der Waals surface area contributed by atoms with E-state index in [0.29, 0.717) is 25.2 Å². The molecule has 1 aromatic carbocycles. The molecule has 1 aliphatic heterocycles. The molecule has 0 N–H and O–H groups in total. The van der Waals surface area contributed by atoms with Gasteiger partial charge in [-0.15, -0.1) is 0 Å². The van der Waals surface area contributed by atoms with E-state index in [1.54, 1.807) is 0 Å². The number of hydrogen-bond donors (Lipinski definition) is 0. The average molecular weight is 366 g/mol. The molecule has 0 spiro atoms. The summed E-state index contributed by atoms with van der Waals surface area (Å²) in [5.74, 6) is -0.500. The minimum absolute atomic E-state index is 0.157. The lowest BCUT2D eigenvalue weighted by Crippen LogP contribution is -2.31. The molecule has 1 aromatic heterocycles. The molecule has 0 saturated heterocycles. The van der Waals surface area contributed by atoms with Gasteiger partial charge in [0.1, 0.15) is 5.82 Å². The second-order valence-electron chi connectivity index (χ2n) is 5.89. The highest BCUT2D eigenvalue weighted by Crippen LogP contribution is 2.23. The SMILES string of the molecule is CS(=O)(=O)c1ncc2c(n1)CCN(Cc1cc([N+](=O)[O-])ccc1F)C2. The molecule has 0 unspecified atom stereocenters. The summed E-state index contributed by atoms with van der Waals surface area (Å²) in [5.41, 5.74) is 1.51. The van der Waals surface area contributed by atoms with Crippen molar-refractivity contribution >= 4 is 15.5 Å². The first kappa shape index (κ1) is 17.4. The largest absolute Gasteiger partial charge is 0.294 e. The Morgan fingerprint density at radius 2 is 2.16 bits per heavy atom. The van der Waals surface area contributed by atoms with Crippen molar-refractivity contribution < 1.29 is 17.7 Å². The quantitative estimate of drug-likeness (QED) is 0.458. The van der Waals surface area contributed by atoms with E-state index in [4.69, 9.17) is 0 Å². The van der Waals surface area contributed by atoms with Crippen molar-refractivity contribution in [2.75, 3.05) is 12.8 Å². The van der Waals surface area contributed by atoms with Gasteiger partial charge in [0.15, 0.2) is 0 Å². The molecule has 0 bridgehead atoms. The van der Waals surface area contributed by atoms with Crippen LogP contribution in [0.25, 0.3) is 0 Å². The molecule has 132 valence electrons. The van der Waals surface area contributed by atoms with Crippen LogP contribution < -0.4 is 0 Å². The summed E-state index contributed by atoms with van der Waals surface area (Å²) >= 11 is 0. The van der Waals surface area contributed by atoms with E-state index in [-0.39, 0.29) is 23.0 Å². The van der Waals surface area contributed by atoms with Crippen LogP contribution in [-0.2, 0) is 29.3 Å². The lowest BCUT2D eigenvalue weighted by Gasteiger charge is -2.28. The van der Waals surface area contributed by atoms with Crippen LogP contribution in [-0.4, -0.2) is 41.0 Å². The summed E-state index contributed by atoms with van der Waals surface area (Å²) in [5, 5.41) is 10.6. The van der Waals surface area contributed by atoms with Gasteiger partial charge in [-0.05, 0) is 6.07 Å². The Balaban J connectivity index is 1.80. The number of nitrogens with zero attached hydrogens (tertiary/aromatic N) is 4. The van der Waals surface area contributed by atoms with Crippen molar-refractivity contribution in [3.63, 3.8) is 0 Å². The van der Waals surface area contributed by atoms with E-state index < -0.39 is 20.6 Å². The number of non-ortho nitro benzene ring substituents is 1. The molecular formula is C15H15FN4O4S. The van der Waals surface area contributed by atoms with E-state index in [1.165, 1.54) is 12.3 Å². The zero-order valence-corrected chi connectivity index (χ0v) is 14.2. The Morgan fingerprint density at radius 3 is 2.84 bits per heavy atom. The minimum Gasteiger partial charge on any atom is -0.294 e. The van der Waals surface area contributed by atoms with Gasteiger partial charge in [-0.1, -0.05) is 0 Å². The second kappa shape index (κ2) is 6.45. The topological polar surface area (TPSA) is 106 Å². The standard InChI is InChI=1S/C15H15FN4O4S/c1-25(23,24)15-17-7-11-9-19(5-4-14(11)18-15)8-10-6-12(20(21)22)2-3-13(10)16/h2-3,6-7H,4-5,8-9H2,1H3. The van der Waals surface area contributed by atoms with Gasteiger partial charge in [0.25, 0.3) is 5.69 Å². The molecule has 10 heteroatoms. The van der Waals surface area contributed by atoms with Crippen LogP contribution in [0.5, 0.6) is 0 Å². The molecule has 3 rings (SSSR count). The number of nitro groups is 1. The van der Waals surface area contributed by atoms with Gasteiger partial charge in [0, 0.05) is 61.8 Å². The number of rotatable bonds is 4. The number of halogens is 1. The molecule has 0 aliphatic carbocycles. The summed E-state index contributed by atoms with van der Waals surface area (Å²) in [6.07, 6.45) is 3.01. The van der Waals surface area contributed by atoms with Gasteiger partial charge in [0.2, 0.25) is 15.0 Å². The third kappa shape index (κ3) is 3.80. The molecule has 0 radical (unpaired) electrons. The molecular weight excluding hydrogens is 351 g/mol. The van der Waals surface area contributed by atoms with E-state index in [2.05, 4.69) is 9.97 Å². The predicted molar refractivity (Wildman–Crippen MR) is 86.0 cm³/mol. The maximum atomic E-state index is 13.9. The number of fused-ring (bicyclic) bond motifs is 1. The molecule has 0 atom stereocenters. The summed E-state index contributed by atoms with van der Waals surface area (Å²) in [6, 6.07) is 3.45. The first-order chi connectivity index (χ1) is 11.7. The molecule has 0 amide bonds. The smallest absolute Gasteiger partial charge is 0.269 e. The van der Waals surface area contributed by atoms with Crippen LogP contribution in [0.2, 0.25) is 0 Å². The number of nitro benzene ring substituents is 1. The Kier molecular flexibility index (Phi) is 4.48. The van der Waals surface area contributed by atoms with Crippen molar-refractivity contribution in [1.29, 1.82) is 0 Å². The van der Waals surface area contributed by atoms with Crippen LogP contribution >= 0.6 is 0 Å². The van der Waals surface area contributed by atoms with Crippen molar-refractivity contribution in [3.8, 4) is 0 Å². The number of hydrogen-bond acceptors (Lipinski definition) is 7. The molecule has 1 aliphatic rings. The van der Waals surface area contributed by atoms with E-state index in [1.807, 2.05) is 4.90 Å². The highest BCUT2D eigenvalue weighted by atomic mass is 32.2. The lowest BCUT2D eigenvalue weighted by molar-refractivity contribution is -0.385. The van der Waals surface area contributed by atoms with Crippen molar-refractivity contribution in [2.24, 2.45) is 0 Å². The molecule has 2 aromatic rings. The van der Waals surface area contributed by atoms with Crippen LogP contribution in [0.4, 0.5) is 10.1 Å². The first-order valence-electron chi connectivity index (χ1n) is 7.44. The highest BCUT2D eigenvalue weighted by molar-refractivity contribution is 7.90. The molecule has 25 heavy (non-hydrogen) atoms. The monoisotopic (exact) mass is 366 g/mol. The van der Waals surface area contributed by atoms with Crippen LogP contribution in [0.1, 0.15) is 16.8 Å². The Bertz CT molecular complexity index is 949. The van der Waals surface area contributed by atoms with E-state index >= 15 is 0 Å². The zero-order chi connectivity index (χ0) is 18.2. The third-order valence-electron chi connectivity index (χ3n) is 3.96. The average Bonchev–Trinajstić information content (AvgIpc) is 2.55. The van der Waals surface area contributed by atoms with Crippen LogP contribution in [0, 0.1) is 15.9 Å². The normalized spacial score (nSPS) is 15.0. The third-order valence-corrected chi connectivity index (χ3v) is 4.82. The maximum absolute atomic E-state index is 13.9. The maximum Gasteiger partial charge on any atom is 0.269 e. The number of sulfone groups is 1. The van der Waals surface area contributed by atoms with E-state index in [0.717, 1.165) is 24.0 Å². The second-order valence-corrected chi connectivity index (χ2v) is 7.80. The molecule has 8 nitrogen and oxygen atoms in total. The van der Waals surface area contributed by atoms with Gasteiger partial charge in [0.05, 0.1) is 10.6 Å². The van der Waals surface area contributed by atoms with Gasteiger partial charge >= 0.3 is 0 Å². The molecule has 0 saturated carbocycles. The number of aromatic nitrogens is 2. The molecule has 0 fully saturated rings. The summed E-state index contributed by atoms with van der Waals surface area (Å²) in [7, 11) is -3.47. The van der Waals surface area contributed by atoms with Crippen molar-refractivity contribution in [2.45, 2.75) is 24.7 Å². The minimum atomic E-state index is -3.47. The van der Waals surface area contributed by atoms with Gasteiger partial charge < -0.3 is 0 Å². The van der Waals surface area contributed by atoms with Crippen LogP contribution in [0.15, 0.2) is 29.6 Å². The van der Waals surface area contributed by atoms with E-state index in [9.17, 15) is 22.9 Å². The van der Waals surface area contributed by atoms with Crippen molar-refractivity contribution in [3.05, 3.63) is 57.1 Å². The first-order valence-corrected chi connectivity index (χ1v) is 9.33.